The number of rotatable bonds is 20. The van der Waals surface area contributed by atoms with Crippen molar-refractivity contribution in [2.24, 2.45) is 23.5 Å². The maximum Gasteiger partial charge on any atom is 0.312 e. The molecular formula is C31H49IN6O7. The minimum absolute atomic E-state index is 0.0629. The van der Waals surface area contributed by atoms with Gasteiger partial charge in [-0.25, -0.2) is 4.79 Å². The van der Waals surface area contributed by atoms with Crippen LogP contribution in [0.2, 0.25) is 0 Å². The van der Waals surface area contributed by atoms with Crippen LogP contribution in [-0.2, 0) is 35.3 Å². The summed E-state index contributed by atoms with van der Waals surface area (Å²) in [7, 11) is 0. The molecule has 6 amide bonds. The molecule has 0 bridgehead atoms. The first-order valence-electron chi connectivity index (χ1n) is 15.3. The maximum atomic E-state index is 13.3. The van der Waals surface area contributed by atoms with Gasteiger partial charge in [-0.15, -0.1) is 0 Å². The summed E-state index contributed by atoms with van der Waals surface area (Å²) in [6, 6.07) is 4.26. The second-order valence-electron chi connectivity index (χ2n) is 11.6. The summed E-state index contributed by atoms with van der Waals surface area (Å²) in [6.45, 7) is 10.1. The fourth-order valence-corrected chi connectivity index (χ4v) is 4.26. The number of amides is 6. The fraction of sp³-hybridized carbons (Fsp3) is 0.613. The lowest BCUT2D eigenvalue weighted by Crippen LogP contribution is -2.54. The molecule has 1 aromatic rings. The number of esters is 1. The summed E-state index contributed by atoms with van der Waals surface area (Å²) in [6.07, 6.45) is 1.90. The van der Waals surface area contributed by atoms with E-state index in [0.717, 1.165) is 5.56 Å². The highest BCUT2D eigenvalue weighted by molar-refractivity contribution is 14.1. The SMILES string of the molecule is CC(C)C(C)C(=O)OCc1ccc(NC(=O)[C@H](CCCNC(N)=O)NC(=O)C(NC(=O)CCCCNC(=O)CI)C(C)C)cc1. The zero-order valence-corrected chi connectivity index (χ0v) is 29.0. The van der Waals surface area contributed by atoms with E-state index in [9.17, 15) is 28.8 Å². The predicted octanol–water partition coefficient (Wildman–Crippen LogP) is 2.76. The molecule has 0 aliphatic carbocycles. The Hall–Kier alpha value is -3.43. The van der Waals surface area contributed by atoms with Crippen LogP contribution in [-0.4, -0.2) is 65.2 Å². The Balaban J connectivity index is 2.83. The summed E-state index contributed by atoms with van der Waals surface area (Å²) < 4.78 is 5.75. The standard InChI is InChI=1S/C31H49IN6O7/c1-19(2)21(5)30(43)45-18-22-11-13-23(14-12-22)36-28(41)24(9-8-16-35-31(33)44)37-29(42)27(20(3)4)38-25(39)10-6-7-15-34-26(40)17-32/h11-14,19-21,24,27H,6-10,15-18H2,1-5H3,(H,34,40)(H,36,41)(H,37,42)(H,38,39)(H3,33,35,44)/t21?,24-,27?/m0/s1. The molecular weight excluding hydrogens is 695 g/mol. The second kappa shape index (κ2) is 21.3. The van der Waals surface area contributed by atoms with Crippen LogP contribution in [0.3, 0.4) is 0 Å². The summed E-state index contributed by atoms with van der Waals surface area (Å²) in [5.41, 5.74) is 6.36. The molecule has 1 aromatic carbocycles. The van der Waals surface area contributed by atoms with E-state index in [1.54, 1.807) is 38.1 Å². The van der Waals surface area contributed by atoms with Gasteiger partial charge >= 0.3 is 12.0 Å². The van der Waals surface area contributed by atoms with Crippen LogP contribution in [0.4, 0.5) is 10.5 Å². The van der Waals surface area contributed by atoms with E-state index in [2.05, 4.69) is 26.6 Å². The molecule has 0 radical (unpaired) electrons. The van der Waals surface area contributed by atoms with Crippen LogP contribution in [0.15, 0.2) is 24.3 Å². The molecule has 0 heterocycles. The van der Waals surface area contributed by atoms with Crippen molar-refractivity contribution in [3.05, 3.63) is 29.8 Å². The van der Waals surface area contributed by atoms with Gasteiger partial charge in [-0.3, -0.25) is 24.0 Å². The van der Waals surface area contributed by atoms with Gasteiger partial charge in [-0.1, -0.05) is 69.3 Å². The molecule has 252 valence electrons. The number of carbonyl (C=O) groups is 6. The van der Waals surface area contributed by atoms with Crippen molar-refractivity contribution in [1.82, 2.24) is 21.3 Å². The lowest BCUT2D eigenvalue weighted by molar-refractivity contribution is -0.150. The number of carbonyl (C=O) groups excluding carboxylic acids is 6. The van der Waals surface area contributed by atoms with Gasteiger partial charge in [-0.2, -0.15) is 0 Å². The third-order valence-corrected chi connectivity index (χ3v) is 7.81. The number of urea groups is 1. The number of alkyl halides is 1. The van der Waals surface area contributed by atoms with Crippen molar-refractivity contribution in [3.8, 4) is 0 Å². The number of halogens is 1. The first kappa shape index (κ1) is 39.6. The van der Waals surface area contributed by atoms with Crippen molar-refractivity contribution in [3.63, 3.8) is 0 Å². The lowest BCUT2D eigenvalue weighted by Gasteiger charge is -2.25. The van der Waals surface area contributed by atoms with E-state index < -0.39 is 29.9 Å². The van der Waals surface area contributed by atoms with Gasteiger partial charge < -0.3 is 37.1 Å². The van der Waals surface area contributed by atoms with E-state index in [1.807, 2.05) is 43.4 Å². The van der Waals surface area contributed by atoms with Gasteiger partial charge in [0, 0.05) is 25.2 Å². The van der Waals surface area contributed by atoms with Crippen molar-refractivity contribution < 1.29 is 33.5 Å². The highest BCUT2D eigenvalue weighted by Gasteiger charge is 2.29. The van der Waals surface area contributed by atoms with Gasteiger partial charge in [0.05, 0.1) is 10.3 Å². The Morgan fingerprint density at radius 3 is 2.02 bits per heavy atom. The largest absolute Gasteiger partial charge is 0.461 e. The normalized spacial score (nSPS) is 12.9. The summed E-state index contributed by atoms with van der Waals surface area (Å²) in [4.78, 5) is 73.7. The minimum atomic E-state index is -0.968. The fourth-order valence-electron chi connectivity index (χ4n) is 3.99. The van der Waals surface area contributed by atoms with Crippen LogP contribution < -0.4 is 32.3 Å². The maximum absolute atomic E-state index is 13.3. The van der Waals surface area contributed by atoms with E-state index in [1.165, 1.54) is 0 Å². The van der Waals surface area contributed by atoms with Crippen molar-refractivity contribution in [2.75, 3.05) is 22.8 Å². The topological polar surface area (TPSA) is 198 Å². The van der Waals surface area contributed by atoms with Crippen LogP contribution in [0.1, 0.15) is 72.3 Å². The number of primary amides is 1. The molecule has 7 N–H and O–H groups in total. The molecule has 45 heavy (non-hydrogen) atoms. The number of unbranched alkanes of at least 4 members (excludes halogenated alkanes) is 1. The number of hydrogen-bond acceptors (Lipinski definition) is 7. The molecule has 0 saturated carbocycles. The quantitative estimate of drug-likeness (QED) is 0.0511. The molecule has 0 aromatic heterocycles. The van der Waals surface area contributed by atoms with Gasteiger partial charge in [0.25, 0.3) is 0 Å². The highest BCUT2D eigenvalue weighted by atomic mass is 127. The van der Waals surface area contributed by atoms with Gasteiger partial charge in [0.1, 0.15) is 18.7 Å². The first-order valence-corrected chi connectivity index (χ1v) is 16.8. The monoisotopic (exact) mass is 744 g/mol. The molecule has 14 heteroatoms. The van der Waals surface area contributed by atoms with E-state index in [0.29, 0.717) is 35.9 Å². The third-order valence-electron chi connectivity index (χ3n) is 7.12. The summed E-state index contributed by atoms with van der Waals surface area (Å²) >= 11 is 1.97. The molecule has 0 fully saturated rings. The van der Waals surface area contributed by atoms with Crippen molar-refractivity contribution in [1.29, 1.82) is 0 Å². The van der Waals surface area contributed by atoms with Crippen molar-refractivity contribution >= 4 is 63.9 Å². The van der Waals surface area contributed by atoms with E-state index in [-0.39, 0.29) is 61.5 Å². The molecule has 0 aliphatic rings. The van der Waals surface area contributed by atoms with Crippen LogP contribution in [0.5, 0.6) is 0 Å². The van der Waals surface area contributed by atoms with Gasteiger partial charge in [0.2, 0.25) is 23.6 Å². The Morgan fingerprint density at radius 2 is 1.44 bits per heavy atom. The Morgan fingerprint density at radius 1 is 0.800 bits per heavy atom. The molecule has 1 rings (SSSR count). The van der Waals surface area contributed by atoms with Crippen LogP contribution in [0.25, 0.3) is 0 Å². The zero-order valence-electron chi connectivity index (χ0n) is 26.9. The number of benzene rings is 1. The lowest BCUT2D eigenvalue weighted by atomic mass is 9.99. The van der Waals surface area contributed by atoms with Crippen LogP contribution in [0, 0.1) is 17.8 Å². The molecule has 0 aliphatic heterocycles. The molecule has 0 saturated heterocycles. The number of anilines is 1. The Bertz CT molecular complexity index is 1130. The summed E-state index contributed by atoms with van der Waals surface area (Å²) in [5.74, 6) is -1.95. The van der Waals surface area contributed by atoms with Crippen molar-refractivity contribution in [2.45, 2.75) is 85.4 Å². The number of hydrogen-bond donors (Lipinski definition) is 6. The number of nitrogens with two attached hydrogens (primary N) is 1. The average molecular weight is 745 g/mol. The molecule has 0 spiro atoms. The third kappa shape index (κ3) is 16.5. The smallest absolute Gasteiger partial charge is 0.312 e. The van der Waals surface area contributed by atoms with Gasteiger partial charge in [0.15, 0.2) is 0 Å². The minimum Gasteiger partial charge on any atom is -0.461 e. The highest BCUT2D eigenvalue weighted by Crippen LogP contribution is 2.15. The van der Waals surface area contributed by atoms with Crippen LogP contribution >= 0.6 is 22.6 Å². The summed E-state index contributed by atoms with van der Waals surface area (Å²) in [5, 5.41) is 13.5. The Kier molecular flexibility index (Phi) is 18.8. The molecule has 13 nitrogen and oxygen atoms in total. The average Bonchev–Trinajstić information content (AvgIpc) is 2.99. The predicted molar refractivity (Wildman–Crippen MR) is 180 cm³/mol. The van der Waals surface area contributed by atoms with E-state index in [4.69, 9.17) is 10.5 Å². The van der Waals surface area contributed by atoms with E-state index >= 15 is 0 Å². The Labute approximate surface area is 279 Å². The number of ether oxygens (including phenoxy) is 1. The van der Waals surface area contributed by atoms with Gasteiger partial charge in [-0.05, 0) is 55.2 Å². The second-order valence-corrected chi connectivity index (χ2v) is 12.3. The zero-order chi connectivity index (χ0) is 33.9. The molecule has 2 unspecified atom stereocenters. The molecule has 3 atom stereocenters. The number of nitrogens with one attached hydrogen (secondary N) is 5. The first-order chi connectivity index (χ1) is 21.2.